The molecule has 0 spiro atoms. The number of nitrogens with one attached hydrogen (secondary N) is 2. The number of rotatable bonds is 7. The van der Waals surface area contributed by atoms with E-state index in [1.54, 1.807) is 38.6 Å². The molecule has 7 heteroatoms. The van der Waals surface area contributed by atoms with Gasteiger partial charge in [-0.25, -0.2) is 4.98 Å². The number of halogens is 1. The van der Waals surface area contributed by atoms with E-state index in [9.17, 15) is 4.79 Å². The van der Waals surface area contributed by atoms with Crippen LogP contribution in [-0.4, -0.2) is 25.1 Å². The van der Waals surface area contributed by atoms with Crippen molar-refractivity contribution in [2.45, 2.75) is 20.3 Å². The first-order chi connectivity index (χ1) is 11.9. The van der Waals surface area contributed by atoms with Gasteiger partial charge in [0.25, 0.3) is 0 Å². The predicted octanol–water partition coefficient (Wildman–Crippen LogP) is 4.48. The smallest absolute Gasteiger partial charge is 0.225 e. The standard InChI is InChI=1S/C18H22ClN3O3/c1-11(2)7-18(23)22-17-6-5-12(10-20-17)21-14-9-15(24-3)13(19)8-16(14)25-4/h5-6,8-11,21H,7H2,1-4H3,(H,20,22,23). The number of hydrogen-bond acceptors (Lipinski definition) is 5. The Balaban J connectivity index is 2.12. The lowest BCUT2D eigenvalue weighted by atomic mass is 10.1. The highest BCUT2D eigenvalue weighted by molar-refractivity contribution is 6.32. The number of benzene rings is 1. The monoisotopic (exact) mass is 363 g/mol. The van der Waals surface area contributed by atoms with Crippen LogP contribution in [0.25, 0.3) is 0 Å². The van der Waals surface area contributed by atoms with Gasteiger partial charge in [-0.1, -0.05) is 25.4 Å². The van der Waals surface area contributed by atoms with Gasteiger partial charge in [-0.15, -0.1) is 0 Å². The molecule has 0 saturated carbocycles. The maximum atomic E-state index is 11.8. The Morgan fingerprint density at radius 1 is 1.20 bits per heavy atom. The van der Waals surface area contributed by atoms with E-state index in [1.165, 1.54) is 0 Å². The Labute approximate surface area is 152 Å². The van der Waals surface area contributed by atoms with Gasteiger partial charge < -0.3 is 20.1 Å². The van der Waals surface area contributed by atoms with Crippen molar-refractivity contribution in [2.24, 2.45) is 5.92 Å². The Bertz CT molecular complexity index is 733. The second-order valence-electron chi connectivity index (χ2n) is 5.89. The van der Waals surface area contributed by atoms with Crippen LogP contribution in [0.5, 0.6) is 11.5 Å². The maximum absolute atomic E-state index is 11.8. The van der Waals surface area contributed by atoms with Crippen LogP contribution < -0.4 is 20.1 Å². The summed E-state index contributed by atoms with van der Waals surface area (Å²) in [6.45, 7) is 3.99. The molecular formula is C18H22ClN3O3. The van der Waals surface area contributed by atoms with Crippen molar-refractivity contribution in [3.63, 3.8) is 0 Å². The lowest BCUT2D eigenvalue weighted by molar-refractivity contribution is -0.116. The molecule has 1 aromatic carbocycles. The minimum atomic E-state index is -0.0488. The Kier molecular flexibility index (Phi) is 6.47. The lowest BCUT2D eigenvalue weighted by Gasteiger charge is -2.14. The summed E-state index contributed by atoms with van der Waals surface area (Å²) in [4.78, 5) is 16.0. The largest absolute Gasteiger partial charge is 0.495 e. The quantitative estimate of drug-likeness (QED) is 0.758. The molecule has 134 valence electrons. The summed E-state index contributed by atoms with van der Waals surface area (Å²) in [5.74, 6) is 1.88. The van der Waals surface area contributed by atoms with Gasteiger partial charge in [0, 0.05) is 18.6 Å². The Morgan fingerprint density at radius 2 is 1.92 bits per heavy atom. The zero-order valence-electron chi connectivity index (χ0n) is 14.7. The molecule has 25 heavy (non-hydrogen) atoms. The fourth-order valence-corrected chi connectivity index (χ4v) is 2.45. The van der Waals surface area contributed by atoms with E-state index in [-0.39, 0.29) is 5.91 Å². The zero-order valence-corrected chi connectivity index (χ0v) is 15.5. The number of hydrogen-bond donors (Lipinski definition) is 2. The summed E-state index contributed by atoms with van der Waals surface area (Å²) in [6, 6.07) is 6.98. The SMILES string of the molecule is COc1cc(Nc2ccc(NC(=O)CC(C)C)nc2)c(OC)cc1Cl. The van der Waals surface area contributed by atoms with Gasteiger partial charge in [0.05, 0.1) is 36.8 Å². The fraction of sp³-hybridized carbons (Fsp3) is 0.333. The van der Waals surface area contributed by atoms with Crippen molar-refractivity contribution in [3.8, 4) is 11.5 Å². The number of aromatic nitrogens is 1. The second kappa shape index (κ2) is 8.58. The molecule has 0 radical (unpaired) electrons. The van der Waals surface area contributed by atoms with Crippen molar-refractivity contribution in [1.29, 1.82) is 0 Å². The number of ether oxygens (including phenoxy) is 2. The third-order valence-corrected chi connectivity index (χ3v) is 3.67. The fourth-order valence-electron chi connectivity index (χ4n) is 2.22. The van der Waals surface area contributed by atoms with Crippen LogP contribution >= 0.6 is 11.6 Å². The molecule has 1 amide bonds. The van der Waals surface area contributed by atoms with Crippen LogP contribution in [0.1, 0.15) is 20.3 Å². The van der Waals surface area contributed by atoms with Crippen molar-refractivity contribution in [1.82, 2.24) is 4.98 Å². The molecule has 0 aliphatic heterocycles. The number of anilines is 3. The Hall–Kier alpha value is -2.47. The Morgan fingerprint density at radius 3 is 2.48 bits per heavy atom. The highest BCUT2D eigenvalue weighted by Gasteiger charge is 2.11. The van der Waals surface area contributed by atoms with Crippen molar-refractivity contribution >= 4 is 34.7 Å². The maximum Gasteiger partial charge on any atom is 0.225 e. The van der Waals surface area contributed by atoms with E-state index in [1.807, 2.05) is 19.9 Å². The van der Waals surface area contributed by atoms with Crippen molar-refractivity contribution in [2.75, 3.05) is 24.9 Å². The first kappa shape index (κ1) is 18.9. The van der Waals surface area contributed by atoms with Crippen LogP contribution in [0.15, 0.2) is 30.5 Å². The number of nitrogens with zero attached hydrogens (tertiary/aromatic N) is 1. The van der Waals surface area contributed by atoms with E-state index in [4.69, 9.17) is 21.1 Å². The van der Waals surface area contributed by atoms with Gasteiger partial charge in [0.15, 0.2) is 0 Å². The average Bonchev–Trinajstić information content (AvgIpc) is 2.57. The van der Waals surface area contributed by atoms with E-state index >= 15 is 0 Å². The lowest BCUT2D eigenvalue weighted by Crippen LogP contribution is -2.14. The molecule has 1 aromatic heterocycles. The molecule has 0 fully saturated rings. The number of methoxy groups -OCH3 is 2. The highest BCUT2D eigenvalue weighted by Crippen LogP contribution is 2.37. The average molecular weight is 364 g/mol. The van der Waals surface area contributed by atoms with E-state index < -0.39 is 0 Å². The topological polar surface area (TPSA) is 72.5 Å². The first-order valence-corrected chi connectivity index (χ1v) is 8.25. The normalized spacial score (nSPS) is 10.5. The molecule has 0 unspecified atom stereocenters. The molecule has 6 nitrogen and oxygen atoms in total. The van der Waals surface area contributed by atoms with Gasteiger partial charge >= 0.3 is 0 Å². The van der Waals surface area contributed by atoms with E-state index in [0.717, 1.165) is 5.69 Å². The number of carbonyl (C=O) groups excluding carboxylic acids is 1. The van der Waals surface area contributed by atoms with E-state index in [0.29, 0.717) is 40.4 Å². The molecule has 1 heterocycles. The molecule has 2 N–H and O–H groups in total. The van der Waals surface area contributed by atoms with Gasteiger partial charge in [-0.2, -0.15) is 0 Å². The summed E-state index contributed by atoms with van der Waals surface area (Å²) < 4.78 is 10.6. The van der Waals surface area contributed by atoms with E-state index in [2.05, 4.69) is 15.6 Å². The van der Waals surface area contributed by atoms with Gasteiger partial charge in [0.1, 0.15) is 17.3 Å². The van der Waals surface area contributed by atoms with Gasteiger partial charge in [-0.05, 0) is 18.1 Å². The van der Waals surface area contributed by atoms with Crippen LogP contribution in [0.4, 0.5) is 17.2 Å². The zero-order chi connectivity index (χ0) is 18.4. The third-order valence-electron chi connectivity index (χ3n) is 3.38. The first-order valence-electron chi connectivity index (χ1n) is 7.87. The number of amides is 1. The van der Waals surface area contributed by atoms with Crippen LogP contribution in [0.3, 0.4) is 0 Å². The summed E-state index contributed by atoms with van der Waals surface area (Å²) >= 11 is 6.10. The van der Waals surface area contributed by atoms with Gasteiger partial charge in [0.2, 0.25) is 5.91 Å². The summed E-state index contributed by atoms with van der Waals surface area (Å²) in [5.41, 5.74) is 1.44. The molecule has 0 bridgehead atoms. The van der Waals surface area contributed by atoms with Gasteiger partial charge in [-0.3, -0.25) is 4.79 Å². The minimum absolute atomic E-state index is 0.0488. The predicted molar refractivity (Wildman–Crippen MR) is 100 cm³/mol. The van der Waals surface area contributed by atoms with Crippen LogP contribution in [-0.2, 0) is 4.79 Å². The number of pyridine rings is 1. The summed E-state index contributed by atoms with van der Waals surface area (Å²) in [5, 5.41) is 6.44. The van der Waals surface area contributed by atoms with Crippen molar-refractivity contribution < 1.29 is 14.3 Å². The highest BCUT2D eigenvalue weighted by atomic mass is 35.5. The molecule has 0 atom stereocenters. The second-order valence-corrected chi connectivity index (χ2v) is 6.30. The molecule has 0 saturated heterocycles. The molecular weight excluding hydrogens is 342 g/mol. The summed E-state index contributed by atoms with van der Waals surface area (Å²) in [7, 11) is 3.11. The van der Waals surface area contributed by atoms with Crippen molar-refractivity contribution in [3.05, 3.63) is 35.5 Å². The molecule has 0 aliphatic carbocycles. The minimum Gasteiger partial charge on any atom is -0.495 e. The third kappa shape index (κ3) is 5.26. The van der Waals surface area contributed by atoms with Crippen LogP contribution in [0, 0.1) is 5.92 Å². The number of carbonyl (C=O) groups is 1. The molecule has 0 aliphatic rings. The van der Waals surface area contributed by atoms with Crippen LogP contribution in [0.2, 0.25) is 5.02 Å². The molecule has 2 rings (SSSR count). The molecule has 2 aromatic rings. The summed E-state index contributed by atoms with van der Waals surface area (Å²) in [6.07, 6.45) is 2.09.